The highest BCUT2D eigenvalue weighted by Gasteiger charge is 2.16. The first-order valence-electron chi connectivity index (χ1n) is 7.63. The van der Waals surface area contributed by atoms with Gasteiger partial charge in [0, 0.05) is 25.0 Å². The number of carbonyl (C=O) groups is 2. The largest absolute Gasteiger partial charge is 0.456 e. The maximum absolute atomic E-state index is 12.3. The van der Waals surface area contributed by atoms with Crippen LogP contribution in [0.2, 0.25) is 0 Å². The zero-order chi connectivity index (χ0) is 17.7. The maximum Gasteiger partial charge on any atom is 0.326 e. The van der Waals surface area contributed by atoms with Gasteiger partial charge in [0.2, 0.25) is 11.7 Å². The van der Waals surface area contributed by atoms with Crippen LogP contribution in [0.4, 0.5) is 5.95 Å². The van der Waals surface area contributed by atoms with Crippen LogP contribution in [-0.4, -0.2) is 41.9 Å². The van der Waals surface area contributed by atoms with E-state index < -0.39 is 5.97 Å². The average molecular weight is 327 g/mol. The van der Waals surface area contributed by atoms with Crippen molar-refractivity contribution in [2.75, 3.05) is 25.1 Å². The Balaban J connectivity index is 1.93. The van der Waals surface area contributed by atoms with E-state index in [0.717, 1.165) is 16.7 Å². The molecule has 0 N–H and O–H groups in total. The lowest BCUT2D eigenvalue weighted by molar-refractivity contribution is -0.140. The van der Waals surface area contributed by atoms with E-state index in [1.54, 1.807) is 30.4 Å². The highest BCUT2D eigenvalue weighted by Crippen LogP contribution is 2.17. The third-order valence-electron chi connectivity index (χ3n) is 3.58. The summed E-state index contributed by atoms with van der Waals surface area (Å²) in [4.78, 5) is 33.9. The van der Waals surface area contributed by atoms with Crippen LogP contribution in [0, 0.1) is 20.8 Å². The lowest BCUT2D eigenvalue weighted by atomic mass is 9.97. The molecule has 6 nitrogen and oxygen atoms in total. The molecule has 1 aromatic carbocycles. The van der Waals surface area contributed by atoms with E-state index in [4.69, 9.17) is 4.74 Å². The standard InChI is InChI=1S/C18H21N3O3/c1-12-8-13(2)17(14(3)9-12)15(22)11-24-16(23)10-21(4)18-19-6-5-7-20-18/h5-9H,10-11H2,1-4H3. The van der Waals surface area contributed by atoms with Gasteiger partial charge >= 0.3 is 5.97 Å². The summed E-state index contributed by atoms with van der Waals surface area (Å²) in [7, 11) is 1.69. The van der Waals surface area contributed by atoms with Gasteiger partial charge in [-0.25, -0.2) is 9.97 Å². The number of Topliss-reactive ketones (excluding diaryl/α,β-unsaturated/α-hetero) is 1. The van der Waals surface area contributed by atoms with Crippen molar-refractivity contribution in [3.8, 4) is 0 Å². The number of aryl methyl sites for hydroxylation is 3. The summed E-state index contributed by atoms with van der Waals surface area (Å²) in [6, 6.07) is 5.59. The first-order valence-corrected chi connectivity index (χ1v) is 7.63. The monoisotopic (exact) mass is 327 g/mol. The van der Waals surface area contributed by atoms with Crippen LogP contribution in [0.5, 0.6) is 0 Å². The zero-order valence-corrected chi connectivity index (χ0v) is 14.4. The fourth-order valence-corrected chi connectivity index (χ4v) is 2.64. The fourth-order valence-electron chi connectivity index (χ4n) is 2.64. The molecular weight excluding hydrogens is 306 g/mol. The first-order chi connectivity index (χ1) is 11.4. The number of nitrogens with zero attached hydrogens (tertiary/aromatic N) is 3. The second kappa shape index (κ2) is 7.68. The highest BCUT2D eigenvalue weighted by molar-refractivity contribution is 6.00. The molecule has 0 fully saturated rings. The molecule has 1 heterocycles. The molecule has 2 aromatic rings. The normalized spacial score (nSPS) is 10.3. The van der Waals surface area contributed by atoms with Gasteiger partial charge in [-0.2, -0.15) is 0 Å². The van der Waals surface area contributed by atoms with Gasteiger partial charge in [-0.05, 0) is 38.0 Å². The minimum absolute atomic E-state index is 0.0246. The van der Waals surface area contributed by atoms with Crippen molar-refractivity contribution in [2.24, 2.45) is 0 Å². The van der Waals surface area contributed by atoms with E-state index in [-0.39, 0.29) is 18.9 Å². The highest BCUT2D eigenvalue weighted by atomic mass is 16.5. The van der Waals surface area contributed by atoms with Crippen molar-refractivity contribution in [1.82, 2.24) is 9.97 Å². The Morgan fingerprint density at radius 3 is 2.25 bits per heavy atom. The number of rotatable bonds is 6. The summed E-state index contributed by atoms with van der Waals surface area (Å²) < 4.78 is 5.10. The van der Waals surface area contributed by atoms with E-state index in [9.17, 15) is 9.59 Å². The number of benzene rings is 1. The van der Waals surface area contributed by atoms with Crippen molar-refractivity contribution in [3.05, 3.63) is 52.8 Å². The van der Waals surface area contributed by atoms with Crippen LogP contribution in [0.3, 0.4) is 0 Å². The molecule has 0 spiro atoms. The molecule has 126 valence electrons. The van der Waals surface area contributed by atoms with Gasteiger partial charge in [-0.3, -0.25) is 9.59 Å². The lowest BCUT2D eigenvalue weighted by Crippen LogP contribution is -2.29. The lowest BCUT2D eigenvalue weighted by Gasteiger charge is -2.15. The number of likely N-dealkylation sites (N-methyl/N-ethyl adjacent to an activating group) is 1. The maximum atomic E-state index is 12.3. The molecule has 0 saturated heterocycles. The number of ketones is 1. The minimum atomic E-state index is -0.499. The Bertz CT molecular complexity index is 721. The van der Waals surface area contributed by atoms with E-state index in [1.165, 1.54) is 0 Å². The van der Waals surface area contributed by atoms with Crippen molar-refractivity contribution < 1.29 is 14.3 Å². The Labute approximate surface area is 141 Å². The van der Waals surface area contributed by atoms with Gasteiger partial charge in [-0.15, -0.1) is 0 Å². The molecule has 0 unspecified atom stereocenters. The molecule has 0 saturated carbocycles. The summed E-state index contributed by atoms with van der Waals surface area (Å²) in [6.07, 6.45) is 3.19. The molecule has 0 amide bonds. The quantitative estimate of drug-likeness (QED) is 0.598. The summed E-state index contributed by atoms with van der Waals surface area (Å²) in [5, 5.41) is 0. The molecule has 2 rings (SSSR count). The second-order valence-electron chi connectivity index (χ2n) is 5.76. The minimum Gasteiger partial charge on any atom is -0.456 e. The van der Waals surface area contributed by atoms with Crippen LogP contribution >= 0.6 is 0 Å². The van der Waals surface area contributed by atoms with Gasteiger partial charge < -0.3 is 9.64 Å². The number of carbonyl (C=O) groups excluding carboxylic acids is 2. The molecule has 0 aliphatic carbocycles. The molecule has 0 bridgehead atoms. The Hall–Kier alpha value is -2.76. The molecular formula is C18H21N3O3. The molecule has 0 aliphatic rings. The van der Waals surface area contributed by atoms with Crippen LogP contribution in [0.15, 0.2) is 30.6 Å². The number of hydrogen-bond donors (Lipinski definition) is 0. The van der Waals surface area contributed by atoms with Gasteiger partial charge in [0.1, 0.15) is 6.54 Å². The molecule has 0 aliphatic heterocycles. The summed E-state index contributed by atoms with van der Waals surface area (Å²) >= 11 is 0. The smallest absolute Gasteiger partial charge is 0.326 e. The van der Waals surface area contributed by atoms with Gasteiger partial charge in [-0.1, -0.05) is 17.7 Å². The van der Waals surface area contributed by atoms with Crippen LogP contribution in [0.25, 0.3) is 0 Å². The number of hydrogen-bond acceptors (Lipinski definition) is 6. The SMILES string of the molecule is Cc1cc(C)c(C(=O)COC(=O)CN(C)c2ncccn2)c(C)c1. The second-order valence-corrected chi connectivity index (χ2v) is 5.76. The van der Waals surface area contributed by atoms with Gasteiger partial charge in [0.05, 0.1) is 0 Å². The predicted molar refractivity (Wildman–Crippen MR) is 91.2 cm³/mol. The Morgan fingerprint density at radius 1 is 1.08 bits per heavy atom. The third kappa shape index (κ3) is 4.38. The summed E-state index contributed by atoms with van der Waals surface area (Å²) in [6.45, 7) is 5.46. The Morgan fingerprint density at radius 2 is 1.67 bits per heavy atom. The van der Waals surface area contributed by atoms with Crippen molar-refractivity contribution in [3.63, 3.8) is 0 Å². The molecule has 1 aromatic heterocycles. The number of aromatic nitrogens is 2. The summed E-state index contributed by atoms with van der Waals surface area (Å²) in [5.41, 5.74) is 3.50. The Kier molecular flexibility index (Phi) is 5.63. The predicted octanol–water partition coefficient (Wildman–Crippen LogP) is 2.26. The molecule has 0 radical (unpaired) electrons. The topological polar surface area (TPSA) is 72.4 Å². The van der Waals surface area contributed by atoms with Gasteiger partial charge in [0.25, 0.3) is 0 Å². The van der Waals surface area contributed by atoms with Crippen LogP contribution < -0.4 is 4.90 Å². The first kappa shape index (κ1) is 17.6. The van der Waals surface area contributed by atoms with Crippen LogP contribution in [-0.2, 0) is 9.53 Å². The molecule has 24 heavy (non-hydrogen) atoms. The zero-order valence-electron chi connectivity index (χ0n) is 14.4. The van der Waals surface area contributed by atoms with E-state index in [2.05, 4.69) is 9.97 Å². The van der Waals surface area contributed by atoms with Crippen molar-refractivity contribution >= 4 is 17.7 Å². The fraction of sp³-hybridized carbons (Fsp3) is 0.333. The van der Waals surface area contributed by atoms with Crippen molar-refractivity contribution in [1.29, 1.82) is 0 Å². The van der Waals surface area contributed by atoms with E-state index in [0.29, 0.717) is 11.5 Å². The van der Waals surface area contributed by atoms with E-state index >= 15 is 0 Å². The average Bonchev–Trinajstić information content (AvgIpc) is 2.52. The number of anilines is 1. The van der Waals surface area contributed by atoms with E-state index in [1.807, 2.05) is 32.9 Å². The number of ether oxygens (including phenoxy) is 1. The molecule has 6 heteroatoms. The summed E-state index contributed by atoms with van der Waals surface area (Å²) in [5.74, 6) is -0.274. The van der Waals surface area contributed by atoms with Crippen molar-refractivity contribution in [2.45, 2.75) is 20.8 Å². The van der Waals surface area contributed by atoms with Crippen LogP contribution in [0.1, 0.15) is 27.0 Å². The van der Waals surface area contributed by atoms with Gasteiger partial charge in [0.15, 0.2) is 6.61 Å². The molecule has 0 atom stereocenters. The number of esters is 1. The third-order valence-corrected chi connectivity index (χ3v) is 3.58.